The molecular formula is C10H10ClN. The first-order chi connectivity index (χ1) is 5.80. The second kappa shape index (κ2) is 2.04. The Balaban J connectivity index is 2.06. The summed E-state index contributed by atoms with van der Waals surface area (Å²) in [4.78, 5) is 0. The van der Waals surface area contributed by atoms with Crippen molar-refractivity contribution in [3.63, 3.8) is 0 Å². The van der Waals surface area contributed by atoms with Crippen LogP contribution in [0.4, 0.5) is 0 Å². The third kappa shape index (κ3) is 0.686. The molecule has 0 spiro atoms. The molecule has 2 heterocycles. The van der Waals surface area contributed by atoms with Gasteiger partial charge in [-0.15, -0.1) is 0 Å². The predicted molar refractivity (Wildman–Crippen MR) is 49.3 cm³/mol. The van der Waals surface area contributed by atoms with Crippen molar-refractivity contribution in [1.29, 1.82) is 0 Å². The first-order valence-electron chi connectivity index (χ1n) is 4.33. The molecule has 2 aliphatic heterocycles. The Hall–Kier alpha value is -0.530. The molecule has 4 rings (SSSR count). The quantitative estimate of drug-likeness (QED) is 0.698. The molecule has 3 fully saturated rings. The molecule has 2 bridgehead atoms. The highest BCUT2D eigenvalue weighted by Crippen LogP contribution is 2.53. The first kappa shape index (κ1) is 6.93. The fraction of sp³-hybridized carbons (Fsp3) is 0.400. The molecule has 1 N–H and O–H groups in total. The highest BCUT2D eigenvalue weighted by Gasteiger charge is 2.57. The maximum atomic E-state index is 6.11. The Morgan fingerprint density at radius 3 is 2.50 bits per heavy atom. The van der Waals surface area contributed by atoms with Gasteiger partial charge in [0.05, 0.1) is 0 Å². The average molecular weight is 180 g/mol. The highest BCUT2D eigenvalue weighted by atomic mass is 35.5. The standard InChI is InChI=1S/C10H10ClN/c11-9-4-2-1-3-8(9)10-5-7(6-10)12-10/h1-4,7,12H,5-6H2. The van der Waals surface area contributed by atoms with E-state index in [-0.39, 0.29) is 5.54 Å². The van der Waals surface area contributed by atoms with Crippen molar-refractivity contribution < 1.29 is 0 Å². The Kier molecular flexibility index (Phi) is 1.18. The van der Waals surface area contributed by atoms with Crippen molar-refractivity contribution in [3.8, 4) is 0 Å². The van der Waals surface area contributed by atoms with Crippen LogP contribution in [-0.4, -0.2) is 6.04 Å². The maximum absolute atomic E-state index is 6.11. The van der Waals surface area contributed by atoms with Crippen LogP contribution in [0.2, 0.25) is 5.02 Å². The number of nitrogens with one attached hydrogen (secondary N) is 1. The topological polar surface area (TPSA) is 12.0 Å². The van der Waals surface area contributed by atoms with E-state index in [0.29, 0.717) is 0 Å². The summed E-state index contributed by atoms with van der Waals surface area (Å²) in [5.74, 6) is 0. The van der Waals surface area contributed by atoms with Gasteiger partial charge in [-0.1, -0.05) is 29.8 Å². The van der Waals surface area contributed by atoms with E-state index in [4.69, 9.17) is 11.6 Å². The predicted octanol–water partition coefficient (Wildman–Crippen LogP) is 2.30. The summed E-state index contributed by atoms with van der Waals surface area (Å²) >= 11 is 6.11. The van der Waals surface area contributed by atoms with E-state index in [1.54, 1.807) is 0 Å². The van der Waals surface area contributed by atoms with Gasteiger partial charge in [0.25, 0.3) is 0 Å². The number of rotatable bonds is 1. The third-order valence-corrected chi connectivity index (χ3v) is 3.39. The molecule has 0 radical (unpaired) electrons. The van der Waals surface area contributed by atoms with Gasteiger partial charge in [-0.2, -0.15) is 0 Å². The Morgan fingerprint density at radius 2 is 2.00 bits per heavy atom. The first-order valence-corrected chi connectivity index (χ1v) is 4.71. The number of halogens is 1. The van der Waals surface area contributed by atoms with Gasteiger partial charge in [-0.25, -0.2) is 0 Å². The zero-order valence-electron chi connectivity index (χ0n) is 6.68. The van der Waals surface area contributed by atoms with Crippen molar-refractivity contribution in [3.05, 3.63) is 34.9 Å². The molecular weight excluding hydrogens is 170 g/mol. The minimum absolute atomic E-state index is 0.267. The summed E-state index contributed by atoms with van der Waals surface area (Å²) in [7, 11) is 0. The van der Waals surface area contributed by atoms with Crippen LogP contribution in [0.15, 0.2) is 24.3 Å². The van der Waals surface area contributed by atoms with E-state index in [9.17, 15) is 0 Å². The lowest BCUT2D eigenvalue weighted by Crippen LogP contribution is -2.74. The Morgan fingerprint density at radius 1 is 1.33 bits per heavy atom. The van der Waals surface area contributed by atoms with Crippen molar-refractivity contribution in [1.82, 2.24) is 5.32 Å². The molecule has 1 saturated carbocycles. The van der Waals surface area contributed by atoms with Gasteiger partial charge >= 0.3 is 0 Å². The molecule has 0 amide bonds. The van der Waals surface area contributed by atoms with Crippen LogP contribution in [0.25, 0.3) is 0 Å². The van der Waals surface area contributed by atoms with Crippen LogP contribution in [0.1, 0.15) is 18.4 Å². The van der Waals surface area contributed by atoms with Gasteiger partial charge < -0.3 is 5.32 Å². The van der Waals surface area contributed by atoms with Crippen molar-refractivity contribution in [2.24, 2.45) is 0 Å². The molecule has 0 aromatic heterocycles. The minimum Gasteiger partial charge on any atom is -0.304 e. The second-order valence-electron chi connectivity index (χ2n) is 3.81. The molecule has 62 valence electrons. The largest absolute Gasteiger partial charge is 0.304 e. The van der Waals surface area contributed by atoms with E-state index in [1.807, 2.05) is 12.1 Å². The average Bonchev–Trinajstić information content (AvgIpc) is 1.87. The maximum Gasteiger partial charge on any atom is 0.0481 e. The molecule has 1 aliphatic carbocycles. The SMILES string of the molecule is Clc1ccccc1C12CC(C1)N2. The fourth-order valence-electron chi connectivity index (χ4n) is 2.28. The molecule has 0 atom stereocenters. The molecule has 2 heteroatoms. The van der Waals surface area contributed by atoms with Crippen LogP contribution in [0.5, 0.6) is 0 Å². The van der Waals surface area contributed by atoms with Gasteiger partial charge in [0, 0.05) is 16.6 Å². The fourth-order valence-corrected chi connectivity index (χ4v) is 2.59. The molecule has 12 heavy (non-hydrogen) atoms. The third-order valence-electron chi connectivity index (χ3n) is 3.06. The molecule has 1 nitrogen and oxygen atoms in total. The molecule has 2 saturated heterocycles. The van der Waals surface area contributed by atoms with Crippen molar-refractivity contribution >= 4 is 11.6 Å². The van der Waals surface area contributed by atoms with E-state index in [2.05, 4.69) is 17.4 Å². The van der Waals surface area contributed by atoms with Gasteiger partial charge in [0.2, 0.25) is 0 Å². The zero-order chi connectivity index (χ0) is 8.18. The Labute approximate surface area is 76.7 Å². The number of benzene rings is 1. The van der Waals surface area contributed by atoms with E-state index in [0.717, 1.165) is 11.1 Å². The van der Waals surface area contributed by atoms with Crippen LogP contribution in [0.3, 0.4) is 0 Å². The summed E-state index contributed by atoms with van der Waals surface area (Å²) < 4.78 is 0. The van der Waals surface area contributed by atoms with Crippen LogP contribution in [-0.2, 0) is 5.54 Å². The summed E-state index contributed by atoms with van der Waals surface area (Å²) in [5.41, 5.74) is 1.55. The van der Waals surface area contributed by atoms with Crippen LogP contribution >= 0.6 is 11.6 Å². The Bertz CT molecular complexity index is 317. The second-order valence-corrected chi connectivity index (χ2v) is 4.22. The lowest BCUT2D eigenvalue weighted by Gasteiger charge is -2.63. The monoisotopic (exact) mass is 179 g/mol. The molecule has 1 aromatic rings. The molecule has 3 aliphatic rings. The van der Waals surface area contributed by atoms with Crippen molar-refractivity contribution in [2.45, 2.75) is 24.4 Å². The molecule has 0 unspecified atom stereocenters. The van der Waals surface area contributed by atoms with E-state index < -0.39 is 0 Å². The van der Waals surface area contributed by atoms with Gasteiger partial charge in [0.1, 0.15) is 0 Å². The van der Waals surface area contributed by atoms with Gasteiger partial charge in [-0.05, 0) is 24.5 Å². The summed E-state index contributed by atoms with van der Waals surface area (Å²) in [6.07, 6.45) is 2.55. The normalized spacial score (nSPS) is 36.9. The summed E-state index contributed by atoms with van der Waals surface area (Å²) in [6.45, 7) is 0. The van der Waals surface area contributed by atoms with Gasteiger partial charge in [0.15, 0.2) is 0 Å². The smallest absolute Gasteiger partial charge is 0.0481 e. The van der Waals surface area contributed by atoms with E-state index in [1.165, 1.54) is 18.4 Å². The van der Waals surface area contributed by atoms with Crippen LogP contribution < -0.4 is 5.32 Å². The number of hydrogen-bond acceptors (Lipinski definition) is 1. The highest BCUT2D eigenvalue weighted by molar-refractivity contribution is 6.31. The number of hydrogen-bond donors (Lipinski definition) is 1. The van der Waals surface area contributed by atoms with Crippen molar-refractivity contribution in [2.75, 3.05) is 0 Å². The summed E-state index contributed by atoms with van der Waals surface area (Å²) in [6, 6.07) is 8.92. The van der Waals surface area contributed by atoms with E-state index >= 15 is 0 Å². The zero-order valence-corrected chi connectivity index (χ0v) is 7.43. The molecule has 1 aromatic carbocycles. The van der Waals surface area contributed by atoms with Gasteiger partial charge in [-0.3, -0.25) is 0 Å². The lowest BCUT2D eigenvalue weighted by atomic mass is 9.59. The van der Waals surface area contributed by atoms with Crippen LogP contribution in [0, 0.1) is 0 Å². The lowest BCUT2D eigenvalue weighted by molar-refractivity contribution is -0.0218. The summed E-state index contributed by atoms with van der Waals surface area (Å²) in [5, 5.41) is 4.40. The minimum atomic E-state index is 0.267.